The molecule has 1 aromatic heterocycles. The van der Waals surface area contributed by atoms with E-state index in [0.29, 0.717) is 17.2 Å². The zero-order chi connectivity index (χ0) is 14.5. The Morgan fingerprint density at radius 3 is 2.60 bits per heavy atom. The molecule has 0 aliphatic carbocycles. The Labute approximate surface area is 115 Å². The third-order valence-corrected chi connectivity index (χ3v) is 2.64. The Balaban J connectivity index is 2.02. The number of hydrogen-bond donors (Lipinski definition) is 1. The van der Waals surface area contributed by atoms with Crippen LogP contribution in [0.25, 0.3) is 0 Å². The van der Waals surface area contributed by atoms with Crippen LogP contribution in [-0.2, 0) is 4.79 Å². The van der Waals surface area contributed by atoms with Gasteiger partial charge in [0.1, 0.15) is 5.69 Å². The van der Waals surface area contributed by atoms with Crippen molar-refractivity contribution in [2.45, 2.75) is 20.0 Å². The number of rotatable bonds is 5. The van der Waals surface area contributed by atoms with Crippen molar-refractivity contribution in [3.05, 3.63) is 30.0 Å². The summed E-state index contributed by atoms with van der Waals surface area (Å²) in [7, 11) is 1.54. The number of benzene rings is 1. The maximum Gasteiger partial charge on any atom is 0.266 e. The van der Waals surface area contributed by atoms with Crippen molar-refractivity contribution in [2.24, 2.45) is 0 Å². The van der Waals surface area contributed by atoms with Gasteiger partial charge in [-0.2, -0.15) is 0 Å². The van der Waals surface area contributed by atoms with Crippen LogP contribution in [0.4, 0.5) is 5.82 Å². The van der Waals surface area contributed by atoms with Gasteiger partial charge in [0, 0.05) is 0 Å². The minimum Gasteiger partial charge on any atom is -0.493 e. The second kappa shape index (κ2) is 6.05. The lowest BCUT2D eigenvalue weighted by Crippen LogP contribution is -2.30. The number of amides is 1. The highest BCUT2D eigenvalue weighted by Crippen LogP contribution is 2.26. The third kappa shape index (κ3) is 3.05. The molecule has 0 saturated carbocycles. The first-order chi connectivity index (χ1) is 9.61. The van der Waals surface area contributed by atoms with E-state index in [1.165, 1.54) is 7.11 Å². The predicted octanol–water partition coefficient (Wildman–Crippen LogP) is 1.79. The molecule has 7 nitrogen and oxygen atoms in total. The van der Waals surface area contributed by atoms with E-state index in [-0.39, 0.29) is 11.7 Å². The molecule has 0 spiro atoms. The Morgan fingerprint density at radius 1 is 1.30 bits per heavy atom. The monoisotopic (exact) mass is 277 g/mol. The summed E-state index contributed by atoms with van der Waals surface area (Å²) >= 11 is 0. The van der Waals surface area contributed by atoms with Crippen molar-refractivity contribution in [1.82, 2.24) is 10.3 Å². The molecule has 1 N–H and O–H groups in total. The summed E-state index contributed by atoms with van der Waals surface area (Å²) in [6.45, 7) is 3.31. The Hall–Kier alpha value is -2.57. The molecule has 0 saturated heterocycles. The number of methoxy groups -OCH3 is 1. The van der Waals surface area contributed by atoms with Crippen LogP contribution in [-0.4, -0.2) is 29.4 Å². The van der Waals surface area contributed by atoms with Crippen LogP contribution in [0, 0.1) is 6.92 Å². The van der Waals surface area contributed by atoms with Crippen molar-refractivity contribution in [3.63, 3.8) is 0 Å². The summed E-state index contributed by atoms with van der Waals surface area (Å²) in [4.78, 5) is 12.0. The van der Waals surface area contributed by atoms with Crippen molar-refractivity contribution < 1.29 is 18.9 Å². The van der Waals surface area contributed by atoms with Crippen molar-refractivity contribution in [1.29, 1.82) is 0 Å². The number of nitrogens with one attached hydrogen (secondary N) is 1. The van der Waals surface area contributed by atoms with Gasteiger partial charge in [-0.1, -0.05) is 17.3 Å². The summed E-state index contributed by atoms with van der Waals surface area (Å²) in [6.07, 6.45) is -0.720. The number of nitrogens with zero attached hydrogens (tertiary/aromatic N) is 2. The Morgan fingerprint density at radius 2 is 2.00 bits per heavy atom. The third-order valence-electron chi connectivity index (χ3n) is 2.64. The van der Waals surface area contributed by atoms with E-state index in [0.717, 1.165) is 0 Å². The van der Waals surface area contributed by atoms with Crippen LogP contribution >= 0.6 is 0 Å². The Bertz CT molecular complexity index is 597. The number of aryl methyl sites for hydroxylation is 1. The van der Waals surface area contributed by atoms with Gasteiger partial charge >= 0.3 is 0 Å². The van der Waals surface area contributed by atoms with E-state index in [9.17, 15) is 4.79 Å². The Kier molecular flexibility index (Phi) is 4.19. The molecule has 1 amide bonds. The number of carbonyl (C=O) groups excluding carboxylic acids is 1. The van der Waals surface area contributed by atoms with Crippen molar-refractivity contribution in [3.8, 4) is 11.5 Å². The summed E-state index contributed by atoms with van der Waals surface area (Å²) in [6, 6.07) is 7.10. The van der Waals surface area contributed by atoms with E-state index >= 15 is 0 Å². The largest absolute Gasteiger partial charge is 0.493 e. The molecule has 1 heterocycles. The number of para-hydroxylation sites is 2. The number of ether oxygens (including phenoxy) is 2. The van der Waals surface area contributed by atoms with Crippen LogP contribution in [0.2, 0.25) is 0 Å². The topological polar surface area (TPSA) is 86.5 Å². The maximum atomic E-state index is 12.0. The first-order valence-corrected chi connectivity index (χ1v) is 6.01. The smallest absolute Gasteiger partial charge is 0.266 e. The second-order valence-electron chi connectivity index (χ2n) is 4.10. The normalized spacial score (nSPS) is 11.8. The lowest BCUT2D eigenvalue weighted by atomic mass is 10.3. The molecule has 0 unspecified atom stereocenters. The van der Waals surface area contributed by atoms with Crippen molar-refractivity contribution >= 4 is 11.7 Å². The summed E-state index contributed by atoms with van der Waals surface area (Å²) in [5, 5.41) is 9.73. The molecule has 20 heavy (non-hydrogen) atoms. The zero-order valence-electron chi connectivity index (χ0n) is 11.4. The van der Waals surface area contributed by atoms with Gasteiger partial charge in [-0.15, -0.1) is 0 Å². The fourth-order valence-electron chi connectivity index (χ4n) is 1.52. The molecule has 0 bridgehead atoms. The predicted molar refractivity (Wildman–Crippen MR) is 70.7 cm³/mol. The van der Waals surface area contributed by atoms with Crippen LogP contribution in [0.3, 0.4) is 0 Å². The van der Waals surface area contributed by atoms with Gasteiger partial charge < -0.3 is 14.8 Å². The molecule has 0 radical (unpaired) electrons. The van der Waals surface area contributed by atoms with E-state index in [4.69, 9.17) is 9.47 Å². The molecule has 106 valence electrons. The van der Waals surface area contributed by atoms with Gasteiger partial charge in [0.25, 0.3) is 5.91 Å². The van der Waals surface area contributed by atoms with E-state index < -0.39 is 6.10 Å². The van der Waals surface area contributed by atoms with E-state index in [1.807, 2.05) is 6.07 Å². The van der Waals surface area contributed by atoms with Gasteiger partial charge in [-0.3, -0.25) is 4.79 Å². The van der Waals surface area contributed by atoms with E-state index in [2.05, 4.69) is 20.3 Å². The maximum absolute atomic E-state index is 12.0. The minimum absolute atomic E-state index is 0.283. The lowest BCUT2D eigenvalue weighted by Gasteiger charge is -2.15. The first-order valence-electron chi connectivity index (χ1n) is 6.01. The highest BCUT2D eigenvalue weighted by atomic mass is 16.6. The lowest BCUT2D eigenvalue weighted by molar-refractivity contribution is -0.122. The van der Waals surface area contributed by atoms with Gasteiger partial charge in [0.2, 0.25) is 0 Å². The molecule has 0 aliphatic heterocycles. The molecular weight excluding hydrogens is 262 g/mol. The average Bonchev–Trinajstić information content (AvgIpc) is 2.84. The summed E-state index contributed by atoms with van der Waals surface area (Å²) in [5.41, 5.74) is 0.503. The number of anilines is 1. The van der Waals surface area contributed by atoms with Crippen molar-refractivity contribution in [2.75, 3.05) is 12.4 Å². The quantitative estimate of drug-likeness (QED) is 0.896. The number of hydrogen-bond acceptors (Lipinski definition) is 6. The zero-order valence-corrected chi connectivity index (χ0v) is 11.4. The van der Waals surface area contributed by atoms with Gasteiger partial charge in [0.05, 0.1) is 7.11 Å². The molecule has 0 aliphatic rings. The van der Waals surface area contributed by atoms with Gasteiger partial charge in [0.15, 0.2) is 23.4 Å². The first kappa shape index (κ1) is 13.9. The van der Waals surface area contributed by atoms with Crippen LogP contribution in [0.1, 0.15) is 12.6 Å². The molecule has 2 aromatic rings. The fraction of sp³-hybridized carbons (Fsp3) is 0.308. The second-order valence-corrected chi connectivity index (χ2v) is 4.10. The fourth-order valence-corrected chi connectivity index (χ4v) is 1.52. The van der Waals surface area contributed by atoms with Crippen LogP contribution in [0.15, 0.2) is 28.9 Å². The molecule has 2 rings (SSSR count). The highest BCUT2D eigenvalue weighted by Gasteiger charge is 2.19. The minimum atomic E-state index is -0.720. The summed E-state index contributed by atoms with van der Waals surface area (Å²) in [5.74, 6) is 0.985. The standard InChI is InChI=1S/C13H15N3O4/c1-8-12(16-20-15-8)14-13(17)9(2)19-11-7-5-4-6-10(11)18-3/h4-7,9H,1-3H3,(H,14,16,17)/t9-/m1/s1. The number of carbonyl (C=O) groups is 1. The summed E-state index contributed by atoms with van der Waals surface area (Å²) < 4.78 is 15.2. The molecule has 7 heteroatoms. The van der Waals surface area contributed by atoms with Crippen LogP contribution in [0.5, 0.6) is 11.5 Å². The average molecular weight is 277 g/mol. The number of aromatic nitrogens is 2. The van der Waals surface area contributed by atoms with Gasteiger partial charge in [-0.05, 0) is 31.1 Å². The molecule has 0 fully saturated rings. The SMILES string of the molecule is COc1ccccc1O[C@H](C)C(=O)Nc1nonc1C. The molecule has 1 atom stereocenters. The molecule has 1 aromatic carbocycles. The van der Waals surface area contributed by atoms with E-state index in [1.54, 1.807) is 32.0 Å². The van der Waals surface area contributed by atoms with Crippen LogP contribution < -0.4 is 14.8 Å². The molecular formula is C13H15N3O4. The highest BCUT2D eigenvalue weighted by molar-refractivity contribution is 5.93. The van der Waals surface area contributed by atoms with Gasteiger partial charge in [-0.25, -0.2) is 4.63 Å².